The maximum absolute atomic E-state index is 13.1. The molecular weight excluding hydrogens is 510 g/mol. The van der Waals surface area contributed by atoms with Gasteiger partial charge in [-0.1, -0.05) is 29.0 Å². The first-order chi connectivity index (χ1) is 15.9. The second kappa shape index (κ2) is 9.33. The minimum Gasteiger partial charge on any atom is -0.768 e. The highest BCUT2D eigenvalue weighted by molar-refractivity contribution is 7.79. The second-order valence-electron chi connectivity index (χ2n) is 8.57. The number of rotatable bonds is 4. The second-order valence-corrected chi connectivity index (χ2v) is 10.9. The summed E-state index contributed by atoms with van der Waals surface area (Å²) in [5.41, 5.74) is 1.86. The first-order valence-corrected chi connectivity index (χ1v) is 12.4. The summed E-state index contributed by atoms with van der Waals surface area (Å²) in [7, 11) is 0. The molecule has 0 radical (unpaired) electrons. The molecule has 0 spiro atoms. The molecule has 3 aromatic heterocycles. The van der Waals surface area contributed by atoms with Gasteiger partial charge in [0.15, 0.2) is 10.0 Å². The minimum absolute atomic E-state index is 0.0618. The van der Waals surface area contributed by atoms with Crippen molar-refractivity contribution in [2.75, 3.05) is 13.1 Å². The fourth-order valence-corrected chi connectivity index (χ4v) is 5.09. The molecule has 8 nitrogen and oxygen atoms in total. The van der Waals surface area contributed by atoms with E-state index in [0.717, 1.165) is 16.9 Å². The highest BCUT2D eigenvalue weighted by Gasteiger charge is 2.26. The summed E-state index contributed by atoms with van der Waals surface area (Å²) >= 11 is 4.64. The predicted octanol–water partition coefficient (Wildman–Crippen LogP) is 5.31. The zero-order valence-corrected chi connectivity index (χ0v) is 20.8. The molecule has 0 fully saturated rings. The number of ether oxygens (including phenoxy) is 1. The largest absolute Gasteiger partial charge is 0.768 e. The fourth-order valence-electron chi connectivity index (χ4n) is 3.59. The van der Waals surface area contributed by atoms with Crippen molar-refractivity contribution in [2.45, 2.75) is 44.1 Å². The average molecular weight is 530 g/mol. The van der Waals surface area contributed by atoms with Crippen LogP contribution in [0.2, 0.25) is 5.02 Å². The van der Waals surface area contributed by atoms with Crippen molar-refractivity contribution in [1.82, 2.24) is 19.5 Å². The molecule has 0 saturated carbocycles. The van der Waals surface area contributed by atoms with E-state index in [1.807, 2.05) is 6.08 Å². The Kier molecular flexibility index (Phi) is 6.78. The van der Waals surface area contributed by atoms with Crippen molar-refractivity contribution in [2.24, 2.45) is 0 Å². The van der Waals surface area contributed by atoms with E-state index in [1.165, 1.54) is 16.7 Å². The zero-order chi connectivity index (χ0) is 24.8. The lowest BCUT2D eigenvalue weighted by atomic mass is 10.0. The van der Waals surface area contributed by atoms with Gasteiger partial charge >= 0.3 is 6.09 Å². The third kappa shape index (κ3) is 4.99. The number of hydrogen-bond donors (Lipinski definition) is 0. The molecule has 1 amide bonds. The predicted molar refractivity (Wildman–Crippen MR) is 124 cm³/mol. The van der Waals surface area contributed by atoms with Gasteiger partial charge in [-0.2, -0.15) is 0 Å². The molecule has 1 unspecified atom stereocenters. The Morgan fingerprint density at radius 3 is 2.62 bits per heavy atom. The number of amides is 1. The van der Waals surface area contributed by atoms with Crippen LogP contribution in [0.5, 0.6) is 0 Å². The van der Waals surface area contributed by atoms with Crippen LogP contribution in [0.25, 0.3) is 21.8 Å². The summed E-state index contributed by atoms with van der Waals surface area (Å²) in [6.07, 6.45) is 0.530. The fraction of sp³-hybridized carbons (Fsp3) is 0.381. The van der Waals surface area contributed by atoms with E-state index in [-0.39, 0.29) is 14.9 Å². The molecule has 0 saturated heterocycles. The summed E-state index contributed by atoms with van der Waals surface area (Å²) in [4.78, 5) is 13.9. The minimum atomic E-state index is -2.77. The maximum Gasteiger partial charge on any atom is 0.410 e. The zero-order valence-electron chi connectivity index (χ0n) is 18.4. The number of halogens is 3. The molecule has 1 aliphatic rings. The van der Waals surface area contributed by atoms with Crippen LogP contribution in [0.15, 0.2) is 29.3 Å². The monoisotopic (exact) mass is 529 g/mol. The molecule has 0 bridgehead atoms. The van der Waals surface area contributed by atoms with Crippen LogP contribution in [0.1, 0.15) is 44.2 Å². The lowest BCUT2D eigenvalue weighted by Gasteiger charge is -2.29. The molecule has 0 aromatic carbocycles. The Morgan fingerprint density at radius 1 is 1.32 bits per heavy atom. The van der Waals surface area contributed by atoms with Gasteiger partial charge in [-0.15, -0.1) is 10.2 Å². The van der Waals surface area contributed by atoms with Gasteiger partial charge in [-0.25, -0.2) is 13.6 Å². The van der Waals surface area contributed by atoms with Gasteiger partial charge in [0.05, 0.1) is 16.2 Å². The molecule has 4 heterocycles. The highest BCUT2D eigenvalue weighted by Crippen LogP contribution is 2.39. The summed E-state index contributed by atoms with van der Waals surface area (Å²) in [6.45, 7) is 6.10. The highest BCUT2D eigenvalue weighted by atomic mass is 35.5. The summed E-state index contributed by atoms with van der Waals surface area (Å²) < 4.78 is 56.3. The molecule has 0 N–H and O–H groups in total. The van der Waals surface area contributed by atoms with Crippen LogP contribution in [0.4, 0.5) is 13.6 Å². The number of pyridine rings is 1. The van der Waals surface area contributed by atoms with E-state index in [1.54, 1.807) is 31.7 Å². The Morgan fingerprint density at radius 2 is 2.06 bits per heavy atom. The van der Waals surface area contributed by atoms with Crippen LogP contribution in [0, 0.1) is 0 Å². The quantitative estimate of drug-likeness (QED) is 0.424. The maximum atomic E-state index is 13.1. The number of nitrogens with zero attached hydrogens (tertiary/aromatic N) is 4. The van der Waals surface area contributed by atoms with E-state index >= 15 is 0 Å². The summed E-state index contributed by atoms with van der Waals surface area (Å²) in [6, 6.07) is 3.05. The Balaban J connectivity index is 1.78. The molecule has 3 aromatic rings. The lowest BCUT2D eigenvalue weighted by molar-refractivity contribution is 0.0270. The van der Waals surface area contributed by atoms with Gasteiger partial charge in [0.2, 0.25) is 0 Å². The van der Waals surface area contributed by atoms with Crippen LogP contribution in [-0.2, 0) is 15.8 Å². The molecule has 1 atom stereocenters. The number of hydrogen-bond acceptors (Lipinski definition) is 7. The number of fused-ring (bicyclic) bond motifs is 1. The van der Waals surface area contributed by atoms with Crippen molar-refractivity contribution in [3.05, 3.63) is 40.0 Å². The van der Waals surface area contributed by atoms with Gasteiger partial charge in [0, 0.05) is 29.7 Å². The van der Waals surface area contributed by atoms with Crippen LogP contribution >= 0.6 is 22.9 Å². The standard InChI is InChI=1S/C21H21ClF2N4O4S2/c1-21(2,3)32-20(29)27-6-4-11(5-7-27)13-9-15(18-25-26-19(33-18)17(23)24)28-10-12(34(30)31)8-14(22)16(13)28/h4,8-10,17H,5-7H2,1-3H3,(H,30,31)/p-1. The number of alkyl halides is 2. The van der Waals surface area contributed by atoms with Crippen LogP contribution in [-0.4, -0.2) is 53.0 Å². The first kappa shape index (κ1) is 24.7. The topological polar surface area (TPSA) is 99.9 Å². The molecule has 34 heavy (non-hydrogen) atoms. The van der Waals surface area contributed by atoms with E-state index in [4.69, 9.17) is 16.3 Å². The van der Waals surface area contributed by atoms with Crippen molar-refractivity contribution in [1.29, 1.82) is 0 Å². The third-order valence-electron chi connectivity index (χ3n) is 5.03. The Hall–Kier alpha value is -2.41. The normalized spacial score (nSPS) is 15.6. The Bertz CT molecular complexity index is 1320. The van der Waals surface area contributed by atoms with Crippen LogP contribution in [0.3, 0.4) is 0 Å². The third-order valence-corrected chi connectivity index (χ3v) is 6.88. The van der Waals surface area contributed by atoms with Crippen molar-refractivity contribution in [3.8, 4) is 10.7 Å². The molecule has 1 aliphatic heterocycles. The molecule has 4 rings (SSSR count). The Labute approximate surface area is 205 Å². The number of carbonyl (C=O) groups excluding carboxylic acids is 1. The van der Waals surface area contributed by atoms with Crippen molar-refractivity contribution >= 4 is 51.2 Å². The van der Waals surface area contributed by atoms with Gasteiger partial charge in [-0.05, 0) is 56.0 Å². The van der Waals surface area contributed by atoms with E-state index in [9.17, 15) is 22.3 Å². The number of carbonyl (C=O) groups is 1. The number of aromatic nitrogens is 3. The summed E-state index contributed by atoms with van der Waals surface area (Å²) in [5.74, 6) is 0. The first-order valence-electron chi connectivity index (χ1n) is 10.2. The van der Waals surface area contributed by atoms with Gasteiger partial charge in [0.1, 0.15) is 5.60 Å². The van der Waals surface area contributed by atoms with Gasteiger partial charge < -0.3 is 18.6 Å². The molecule has 13 heteroatoms. The smallest absolute Gasteiger partial charge is 0.410 e. The van der Waals surface area contributed by atoms with E-state index in [2.05, 4.69) is 10.2 Å². The SMILES string of the molecule is CC(C)(C)OC(=O)N1CC=C(c2cc(-c3nnc(C(F)F)s3)n3cc(S(=O)[O-])cc(Cl)c23)CC1. The van der Waals surface area contributed by atoms with Crippen LogP contribution < -0.4 is 0 Å². The van der Waals surface area contributed by atoms with E-state index in [0.29, 0.717) is 36.3 Å². The lowest BCUT2D eigenvalue weighted by Crippen LogP contribution is -2.39. The summed E-state index contributed by atoms with van der Waals surface area (Å²) in [5, 5.41) is 7.35. The van der Waals surface area contributed by atoms with Crippen molar-refractivity contribution < 1.29 is 27.1 Å². The van der Waals surface area contributed by atoms with Crippen molar-refractivity contribution in [3.63, 3.8) is 0 Å². The molecule has 0 aliphatic carbocycles. The molecular formula is C21H20ClF2N4O4S2-. The van der Waals surface area contributed by atoms with Gasteiger partial charge in [-0.3, -0.25) is 4.21 Å². The molecule has 182 valence electrons. The van der Waals surface area contributed by atoms with E-state index < -0.39 is 34.2 Å². The van der Waals surface area contributed by atoms with Gasteiger partial charge in [0.25, 0.3) is 6.43 Å². The average Bonchev–Trinajstić information content (AvgIpc) is 3.38.